The van der Waals surface area contributed by atoms with Gasteiger partial charge in [0.15, 0.2) is 5.11 Å². The molecule has 156 valence electrons. The molecule has 2 heterocycles. The number of nitrogens with one attached hydrogen (secondary N) is 2. The standard InChI is InChI=1S/C20H32N4O3S/c1-5-27-19(26)23-18(28)22-17-8-6-7-15(21-17)13-16(25)14-9-11-24(12-10-14)20(2,3)4/h6-8,14,16,25H,5,9-13H2,1-4H3,(H2,21,22,23,26,28). The summed E-state index contributed by atoms with van der Waals surface area (Å²) >= 11 is 5.08. The van der Waals surface area contributed by atoms with Crippen LogP contribution in [0, 0.1) is 5.92 Å². The SMILES string of the molecule is CCOC(=O)NC(=S)Nc1cccc(CC(O)C2CCN(C(C)(C)C)CC2)n1. The third kappa shape index (κ3) is 7.00. The van der Waals surface area contributed by atoms with Crippen LogP contribution in [0.15, 0.2) is 18.2 Å². The monoisotopic (exact) mass is 408 g/mol. The highest BCUT2D eigenvalue weighted by Crippen LogP contribution is 2.27. The van der Waals surface area contributed by atoms with Crippen molar-refractivity contribution in [2.75, 3.05) is 25.0 Å². The minimum Gasteiger partial charge on any atom is -0.450 e. The van der Waals surface area contributed by atoms with Crippen LogP contribution in [0.25, 0.3) is 0 Å². The van der Waals surface area contributed by atoms with Crippen molar-refractivity contribution < 1.29 is 14.6 Å². The lowest BCUT2D eigenvalue weighted by Crippen LogP contribution is -2.47. The van der Waals surface area contributed by atoms with Crippen LogP contribution in [0.4, 0.5) is 10.6 Å². The molecule has 1 amide bonds. The molecule has 3 N–H and O–H groups in total. The number of nitrogens with zero attached hydrogens (tertiary/aromatic N) is 2. The summed E-state index contributed by atoms with van der Waals surface area (Å²) in [6.45, 7) is 10.7. The number of likely N-dealkylation sites (tertiary alicyclic amines) is 1. The minimum atomic E-state index is -0.604. The Morgan fingerprint density at radius 2 is 2.07 bits per heavy atom. The molecular weight excluding hydrogens is 376 g/mol. The number of carbonyl (C=O) groups is 1. The zero-order valence-corrected chi connectivity index (χ0v) is 18.0. The molecule has 0 spiro atoms. The summed E-state index contributed by atoms with van der Waals surface area (Å²) in [5.41, 5.74) is 0.961. The Balaban J connectivity index is 1.87. The summed E-state index contributed by atoms with van der Waals surface area (Å²) in [6.07, 6.45) is 1.45. The van der Waals surface area contributed by atoms with Crippen molar-refractivity contribution in [1.29, 1.82) is 0 Å². The molecule has 1 aromatic rings. The van der Waals surface area contributed by atoms with Crippen LogP contribution in [0.5, 0.6) is 0 Å². The van der Waals surface area contributed by atoms with Crippen LogP contribution in [-0.4, -0.2) is 57.5 Å². The molecule has 1 atom stereocenters. The van der Waals surface area contributed by atoms with Gasteiger partial charge in [-0.25, -0.2) is 9.78 Å². The first-order chi connectivity index (χ1) is 13.2. The number of rotatable bonds is 5. The van der Waals surface area contributed by atoms with Gasteiger partial charge in [0.2, 0.25) is 0 Å². The van der Waals surface area contributed by atoms with Crippen LogP contribution in [0.2, 0.25) is 0 Å². The van der Waals surface area contributed by atoms with Gasteiger partial charge in [0, 0.05) is 17.7 Å². The van der Waals surface area contributed by atoms with Crippen molar-refractivity contribution in [3.63, 3.8) is 0 Å². The van der Waals surface area contributed by atoms with Gasteiger partial charge in [0.05, 0.1) is 12.7 Å². The van der Waals surface area contributed by atoms with Crippen molar-refractivity contribution in [1.82, 2.24) is 15.2 Å². The predicted molar refractivity (Wildman–Crippen MR) is 114 cm³/mol. The van der Waals surface area contributed by atoms with Crippen molar-refractivity contribution in [2.24, 2.45) is 5.92 Å². The summed E-state index contributed by atoms with van der Waals surface area (Å²) in [6, 6.07) is 5.50. The average molecular weight is 409 g/mol. The number of ether oxygens (including phenoxy) is 1. The van der Waals surface area contributed by atoms with Gasteiger partial charge in [-0.15, -0.1) is 0 Å². The van der Waals surface area contributed by atoms with Crippen molar-refractivity contribution in [2.45, 2.75) is 58.6 Å². The molecule has 1 aliphatic heterocycles. The highest BCUT2D eigenvalue weighted by atomic mass is 32.1. The largest absolute Gasteiger partial charge is 0.450 e. The number of amides is 1. The van der Waals surface area contributed by atoms with Gasteiger partial charge in [-0.05, 0) is 83.9 Å². The second kappa shape index (κ2) is 10.1. The number of aliphatic hydroxyl groups is 1. The highest BCUT2D eigenvalue weighted by Gasteiger charge is 2.30. The van der Waals surface area contributed by atoms with Gasteiger partial charge in [-0.2, -0.15) is 0 Å². The molecule has 0 aromatic carbocycles. The number of hydrogen-bond donors (Lipinski definition) is 3. The van der Waals surface area contributed by atoms with E-state index in [4.69, 9.17) is 17.0 Å². The van der Waals surface area contributed by atoms with E-state index in [1.807, 2.05) is 12.1 Å². The maximum absolute atomic E-state index is 11.4. The second-order valence-corrected chi connectivity index (χ2v) is 8.49. The number of carbonyl (C=O) groups excluding carboxylic acids is 1. The van der Waals surface area contributed by atoms with Gasteiger partial charge < -0.3 is 15.2 Å². The fraction of sp³-hybridized carbons (Fsp3) is 0.650. The number of anilines is 1. The Labute approximate surface area is 172 Å². The molecule has 1 unspecified atom stereocenters. The maximum atomic E-state index is 11.4. The molecule has 1 aromatic heterocycles. The Morgan fingerprint density at radius 3 is 2.68 bits per heavy atom. The number of hydrogen-bond acceptors (Lipinski definition) is 6. The number of aromatic nitrogens is 1. The Morgan fingerprint density at radius 1 is 1.39 bits per heavy atom. The van der Waals surface area contributed by atoms with E-state index in [1.165, 1.54) is 0 Å². The normalized spacial score (nSPS) is 17.0. The lowest BCUT2D eigenvalue weighted by Gasteiger charge is -2.41. The van der Waals surface area contributed by atoms with Gasteiger partial charge in [-0.1, -0.05) is 6.07 Å². The van der Waals surface area contributed by atoms with E-state index in [0.717, 1.165) is 31.6 Å². The quantitative estimate of drug-likeness (QED) is 0.646. The first kappa shape index (κ1) is 22.5. The number of alkyl carbamates (subject to hydrolysis) is 1. The van der Waals surface area contributed by atoms with Crippen molar-refractivity contribution >= 4 is 29.2 Å². The van der Waals surface area contributed by atoms with Crippen LogP contribution >= 0.6 is 12.2 Å². The molecule has 0 bridgehead atoms. The summed E-state index contributed by atoms with van der Waals surface area (Å²) in [7, 11) is 0. The van der Waals surface area contributed by atoms with Crippen LogP contribution in [-0.2, 0) is 11.2 Å². The van der Waals surface area contributed by atoms with E-state index in [-0.39, 0.29) is 23.2 Å². The fourth-order valence-electron chi connectivity index (χ4n) is 3.41. The molecule has 0 aliphatic carbocycles. The topological polar surface area (TPSA) is 86.7 Å². The van der Waals surface area contributed by atoms with E-state index < -0.39 is 12.2 Å². The molecule has 1 saturated heterocycles. The van der Waals surface area contributed by atoms with Crippen LogP contribution in [0.1, 0.15) is 46.2 Å². The summed E-state index contributed by atoms with van der Waals surface area (Å²) in [5.74, 6) is 0.803. The average Bonchev–Trinajstić information content (AvgIpc) is 2.61. The van der Waals surface area contributed by atoms with Crippen LogP contribution in [0.3, 0.4) is 0 Å². The lowest BCUT2D eigenvalue weighted by atomic mass is 9.87. The molecule has 7 nitrogen and oxygen atoms in total. The van der Waals surface area contributed by atoms with E-state index >= 15 is 0 Å². The Kier molecular flexibility index (Phi) is 8.15. The lowest BCUT2D eigenvalue weighted by molar-refractivity contribution is 0.0285. The number of pyridine rings is 1. The van der Waals surface area contributed by atoms with Gasteiger partial charge in [0.25, 0.3) is 0 Å². The first-order valence-corrected chi connectivity index (χ1v) is 10.2. The highest BCUT2D eigenvalue weighted by molar-refractivity contribution is 7.80. The zero-order chi connectivity index (χ0) is 20.7. The molecule has 1 aliphatic rings. The number of piperidine rings is 1. The second-order valence-electron chi connectivity index (χ2n) is 8.08. The molecule has 28 heavy (non-hydrogen) atoms. The maximum Gasteiger partial charge on any atom is 0.413 e. The zero-order valence-electron chi connectivity index (χ0n) is 17.2. The van der Waals surface area contributed by atoms with E-state index in [2.05, 4.69) is 41.3 Å². The predicted octanol–water partition coefficient (Wildman–Crippen LogP) is 2.94. The summed E-state index contributed by atoms with van der Waals surface area (Å²) < 4.78 is 4.79. The molecule has 0 radical (unpaired) electrons. The number of aliphatic hydroxyl groups excluding tert-OH is 1. The first-order valence-electron chi connectivity index (χ1n) is 9.83. The molecule has 0 saturated carbocycles. The van der Waals surface area contributed by atoms with Gasteiger partial charge in [-0.3, -0.25) is 10.2 Å². The Bertz CT molecular complexity index is 670. The van der Waals surface area contributed by atoms with E-state index in [1.54, 1.807) is 13.0 Å². The van der Waals surface area contributed by atoms with Gasteiger partial charge >= 0.3 is 6.09 Å². The Hall–Kier alpha value is -1.77. The molecule has 1 fully saturated rings. The molecule has 8 heteroatoms. The molecular formula is C20H32N4O3S. The summed E-state index contributed by atoms with van der Waals surface area (Å²) in [4.78, 5) is 18.4. The number of thiocarbonyl (C=S) groups is 1. The van der Waals surface area contributed by atoms with E-state index in [0.29, 0.717) is 12.2 Å². The summed E-state index contributed by atoms with van der Waals surface area (Å²) in [5, 5.41) is 16.1. The van der Waals surface area contributed by atoms with E-state index in [9.17, 15) is 9.90 Å². The van der Waals surface area contributed by atoms with Gasteiger partial charge in [0.1, 0.15) is 5.82 Å². The molecule has 2 rings (SSSR count). The van der Waals surface area contributed by atoms with Crippen molar-refractivity contribution in [3.8, 4) is 0 Å². The third-order valence-corrected chi connectivity index (χ3v) is 5.19. The van der Waals surface area contributed by atoms with Crippen molar-refractivity contribution in [3.05, 3.63) is 23.9 Å². The fourth-order valence-corrected chi connectivity index (χ4v) is 3.59. The van der Waals surface area contributed by atoms with Crippen LogP contribution < -0.4 is 10.6 Å². The third-order valence-electron chi connectivity index (χ3n) is 4.99. The minimum absolute atomic E-state index is 0.123. The smallest absolute Gasteiger partial charge is 0.413 e.